The zero-order valence-electron chi connectivity index (χ0n) is 11.4. The molecule has 1 unspecified atom stereocenters. The first-order valence-corrected chi connectivity index (χ1v) is 7.00. The molecule has 1 N–H and O–H groups in total. The van der Waals surface area contributed by atoms with Crippen molar-refractivity contribution in [2.45, 2.75) is 45.6 Å². The highest BCUT2D eigenvalue weighted by Gasteiger charge is 2.31. The second kappa shape index (κ2) is 6.69. The molecule has 1 aromatic rings. The van der Waals surface area contributed by atoms with Gasteiger partial charge in [0.25, 0.3) is 0 Å². The molecule has 4 heteroatoms. The minimum Gasteiger partial charge on any atom is -0.477 e. The summed E-state index contributed by atoms with van der Waals surface area (Å²) < 4.78 is 5.39. The number of aromatic nitrogens is 2. The lowest BCUT2D eigenvalue weighted by Gasteiger charge is -2.17. The number of rotatable bonds is 8. The molecule has 0 saturated heterocycles. The zero-order valence-corrected chi connectivity index (χ0v) is 11.4. The Morgan fingerprint density at radius 3 is 2.89 bits per heavy atom. The van der Waals surface area contributed by atoms with Gasteiger partial charge in [0.05, 0.1) is 18.5 Å². The van der Waals surface area contributed by atoms with E-state index in [9.17, 15) is 0 Å². The summed E-state index contributed by atoms with van der Waals surface area (Å²) in [5.41, 5.74) is 1.03. The molecule has 4 nitrogen and oxygen atoms in total. The van der Waals surface area contributed by atoms with Gasteiger partial charge in [0.1, 0.15) is 0 Å². The van der Waals surface area contributed by atoms with E-state index in [2.05, 4.69) is 22.2 Å². The van der Waals surface area contributed by atoms with Crippen LogP contribution < -0.4 is 10.1 Å². The number of nitrogens with one attached hydrogen (secondary N) is 1. The Morgan fingerprint density at radius 2 is 2.22 bits per heavy atom. The Balaban J connectivity index is 1.94. The van der Waals surface area contributed by atoms with Crippen LogP contribution >= 0.6 is 0 Å². The van der Waals surface area contributed by atoms with E-state index in [0.29, 0.717) is 18.5 Å². The van der Waals surface area contributed by atoms with Crippen LogP contribution in [0, 0.1) is 5.92 Å². The summed E-state index contributed by atoms with van der Waals surface area (Å²) in [5.74, 6) is 1.47. The first kappa shape index (κ1) is 13.3. The first-order chi connectivity index (χ1) is 8.83. The Hall–Kier alpha value is -1.16. The molecular weight excluding hydrogens is 226 g/mol. The lowest BCUT2D eigenvalue weighted by molar-refractivity contribution is 0.323. The van der Waals surface area contributed by atoms with Crippen LogP contribution in [0.2, 0.25) is 0 Å². The van der Waals surface area contributed by atoms with Crippen LogP contribution in [0.5, 0.6) is 5.88 Å². The van der Waals surface area contributed by atoms with E-state index in [0.717, 1.165) is 24.6 Å². The van der Waals surface area contributed by atoms with Crippen LogP contribution in [-0.4, -0.2) is 29.2 Å². The van der Waals surface area contributed by atoms with Gasteiger partial charge in [-0.25, -0.2) is 4.98 Å². The van der Waals surface area contributed by atoms with Gasteiger partial charge < -0.3 is 10.1 Å². The van der Waals surface area contributed by atoms with Gasteiger partial charge >= 0.3 is 0 Å². The molecule has 1 aliphatic rings. The van der Waals surface area contributed by atoms with Gasteiger partial charge in [-0.1, -0.05) is 6.92 Å². The van der Waals surface area contributed by atoms with E-state index in [1.807, 2.05) is 13.1 Å². The molecule has 1 heterocycles. The SMILES string of the molecule is CCCNC(Cc1cncc(OCC)n1)C1CC1. The first-order valence-electron chi connectivity index (χ1n) is 7.00. The van der Waals surface area contributed by atoms with E-state index in [1.165, 1.54) is 19.3 Å². The van der Waals surface area contributed by atoms with E-state index in [1.54, 1.807) is 6.20 Å². The van der Waals surface area contributed by atoms with Gasteiger partial charge in [0, 0.05) is 18.7 Å². The Kier molecular flexibility index (Phi) is 4.93. The highest BCUT2D eigenvalue weighted by molar-refractivity contribution is 5.10. The summed E-state index contributed by atoms with van der Waals surface area (Å²) in [4.78, 5) is 8.70. The van der Waals surface area contributed by atoms with E-state index in [-0.39, 0.29) is 0 Å². The fourth-order valence-electron chi connectivity index (χ4n) is 2.16. The molecular formula is C14H23N3O. The van der Waals surface area contributed by atoms with Crippen LogP contribution in [0.4, 0.5) is 0 Å². The number of ether oxygens (including phenoxy) is 1. The fraction of sp³-hybridized carbons (Fsp3) is 0.714. The van der Waals surface area contributed by atoms with Crippen LogP contribution in [0.25, 0.3) is 0 Å². The van der Waals surface area contributed by atoms with Gasteiger partial charge in [-0.3, -0.25) is 4.98 Å². The third-order valence-corrected chi connectivity index (χ3v) is 3.23. The standard InChI is InChI=1S/C14H23N3O/c1-3-7-16-13(11-5-6-11)8-12-9-15-10-14(17-12)18-4-2/h9-11,13,16H,3-8H2,1-2H3. The van der Waals surface area contributed by atoms with E-state index < -0.39 is 0 Å². The van der Waals surface area contributed by atoms with Gasteiger partial charge in [0.2, 0.25) is 5.88 Å². The van der Waals surface area contributed by atoms with Gasteiger partial charge in [-0.2, -0.15) is 0 Å². The largest absolute Gasteiger partial charge is 0.477 e. The number of hydrogen-bond donors (Lipinski definition) is 1. The molecule has 0 aromatic carbocycles. The Bertz CT molecular complexity index is 366. The highest BCUT2D eigenvalue weighted by Crippen LogP contribution is 2.33. The number of hydrogen-bond acceptors (Lipinski definition) is 4. The molecule has 0 radical (unpaired) electrons. The monoisotopic (exact) mass is 249 g/mol. The molecule has 1 aliphatic carbocycles. The summed E-state index contributed by atoms with van der Waals surface area (Å²) in [6, 6.07) is 0.552. The highest BCUT2D eigenvalue weighted by atomic mass is 16.5. The molecule has 18 heavy (non-hydrogen) atoms. The summed E-state index contributed by atoms with van der Waals surface area (Å²) in [6.07, 6.45) is 8.36. The molecule has 1 saturated carbocycles. The van der Waals surface area contributed by atoms with Crippen molar-refractivity contribution < 1.29 is 4.74 Å². The molecule has 0 aliphatic heterocycles. The maximum absolute atomic E-state index is 5.39. The lowest BCUT2D eigenvalue weighted by Crippen LogP contribution is -2.34. The van der Waals surface area contributed by atoms with Crippen molar-refractivity contribution in [1.82, 2.24) is 15.3 Å². The quantitative estimate of drug-likeness (QED) is 0.767. The zero-order chi connectivity index (χ0) is 12.8. The average Bonchev–Trinajstić information content (AvgIpc) is 3.19. The smallest absolute Gasteiger partial charge is 0.232 e. The van der Waals surface area contributed by atoms with Crippen molar-refractivity contribution in [1.29, 1.82) is 0 Å². The van der Waals surface area contributed by atoms with Crippen LogP contribution in [0.3, 0.4) is 0 Å². The van der Waals surface area contributed by atoms with Crippen LogP contribution in [0.15, 0.2) is 12.4 Å². The lowest BCUT2D eigenvalue weighted by atomic mass is 10.1. The van der Waals surface area contributed by atoms with Crippen molar-refractivity contribution in [3.05, 3.63) is 18.1 Å². The molecule has 1 fully saturated rings. The van der Waals surface area contributed by atoms with E-state index >= 15 is 0 Å². The van der Waals surface area contributed by atoms with Crippen molar-refractivity contribution in [2.24, 2.45) is 5.92 Å². The van der Waals surface area contributed by atoms with Crippen LogP contribution in [0.1, 0.15) is 38.8 Å². The predicted molar refractivity (Wildman–Crippen MR) is 71.7 cm³/mol. The Labute approximate surface area is 109 Å². The molecule has 100 valence electrons. The van der Waals surface area contributed by atoms with Crippen LogP contribution in [-0.2, 0) is 6.42 Å². The van der Waals surface area contributed by atoms with Crippen molar-refractivity contribution in [3.8, 4) is 5.88 Å². The van der Waals surface area contributed by atoms with E-state index in [4.69, 9.17) is 4.74 Å². The van der Waals surface area contributed by atoms with Crippen molar-refractivity contribution in [3.63, 3.8) is 0 Å². The minimum atomic E-state index is 0.552. The molecule has 1 atom stereocenters. The Morgan fingerprint density at radius 1 is 1.39 bits per heavy atom. The minimum absolute atomic E-state index is 0.552. The molecule has 0 amide bonds. The topological polar surface area (TPSA) is 47.0 Å². The van der Waals surface area contributed by atoms with Crippen molar-refractivity contribution >= 4 is 0 Å². The number of nitrogens with zero attached hydrogens (tertiary/aromatic N) is 2. The third-order valence-electron chi connectivity index (χ3n) is 3.23. The fourth-order valence-corrected chi connectivity index (χ4v) is 2.16. The summed E-state index contributed by atoms with van der Waals surface area (Å²) in [5, 5.41) is 3.62. The molecule has 1 aromatic heterocycles. The predicted octanol–water partition coefficient (Wildman–Crippen LogP) is 2.20. The maximum Gasteiger partial charge on any atom is 0.232 e. The normalized spacial score (nSPS) is 16.6. The van der Waals surface area contributed by atoms with Gasteiger partial charge in [-0.05, 0) is 38.6 Å². The van der Waals surface area contributed by atoms with Gasteiger partial charge in [-0.15, -0.1) is 0 Å². The second-order valence-corrected chi connectivity index (χ2v) is 4.88. The summed E-state index contributed by atoms with van der Waals surface area (Å²) in [6.45, 7) is 5.88. The van der Waals surface area contributed by atoms with Crippen molar-refractivity contribution in [2.75, 3.05) is 13.2 Å². The summed E-state index contributed by atoms with van der Waals surface area (Å²) in [7, 11) is 0. The molecule has 2 rings (SSSR count). The molecule has 0 bridgehead atoms. The maximum atomic E-state index is 5.39. The summed E-state index contributed by atoms with van der Waals surface area (Å²) >= 11 is 0. The second-order valence-electron chi connectivity index (χ2n) is 4.88. The third kappa shape index (κ3) is 3.95. The average molecular weight is 249 g/mol. The molecule has 0 spiro atoms. The van der Waals surface area contributed by atoms with Gasteiger partial charge in [0.15, 0.2) is 0 Å².